The third-order valence-corrected chi connectivity index (χ3v) is 4.31. The molecule has 0 radical (unpaired) electrons. The molecule has 1 unspecified atom stereocenters. The minimum Gasteiger partial charge on any atom is -0.496 e. The molecule has 1 atom stereocenters. The molecule has 4 nitrogen and oxygen atoms in total. The summed E-state index contributed by atoms with van der Waals surface area (Å²) in [6.45, 7) is 8.86. The number of hydrogen-bond donors (Lipinski definition) is 1. The average Bonchev–Trinajstić information content (AvgIpc) is 2.64. The van der Waals surface area contributed by atoms with Crippen molar-refractivity contribution in [3.63, 3.8) is 0 Å². The molecule has 0 aliphatic carbocycles. The van der Waals surface area contributed by atoms with Gasteiger partial charge >= 0.3 is 0 Å². The second kappa shape index (κ2) is 8.75. The van der Waals surface area contributed by atoms with Gasteiger partial charge in [-0.2, -0.15) is 0 Å². The number of benzene rings is 2. The van der Waals surface area contributed by atoms with Gasteiger partial charge in [0.05, 0.1) is 7.11 Å². The third kappa shape index (κ3) is 5.25. The summed E-state index contributed by atoms with van der Waals surface area (Å²) in [5.41, 5.74) is 2.26. The Morgan fingerprint density at radius 1 is 1.08 bits per heavy atom. The number of hydrogen-bond acceptors (Lipinski definition) is 3. The lowest BCUT2D eigenvalue weighted by Gasteiger charge is -2.21. The molecule has 2 aromatic rings. The van der Waals surface area contributed by atoms with Crippen LogP contribution in [0.5, 0.6) is 11.5 Å². The molecule has 140 valence electrons. The average molecular weight is 355 g/mol. The van der Waals surface area contributed by atoms with Gasteiger partial charge in [-0.15, -0.1) is 0 Å². The van der Waals surface area contributed by atoms with E-state index in [4.69, 9.17) is 9.47 Å². The zero-order valence-corrected chi connectivity index (χ0v) is 16.3. The summed E-state index contributed by atoms with van der Waals surface area (Å²) in [6.07, 6.45) is 0.0730. The Morgan fingerprint density at radius 2 is 1.73 bits per heavy atom. The van der Waals surface area contributed by atoms with Crippen molar-refractivity contribution in [3.05, 3.63) is 59.7 Å². The van der Waals surface area contributed by atoms with Crippen molar-refractivity contribution < 1.29 is 14.3 Å². The van der Waals surface area contributed by atoms with Crippen molar-refractivity contribution in [1.82, 2.24) is 5.32 Å². The van der Waals surface area contributed by atoms with Gasteiger partial charge in [-0.1, -0.05) is 58.0 Å². The number of para-hydroxylation sites is 1. The van der Waals surface area contributed by atoms with Crippen molar-refractivity contribution >= 4 is 5.91 Å². The van der Waals surface area contributed by atoms with Crippen LogP contribution in [0.1, 0.15) is 45.2 Å². The summed E-state index contributed by atoms with van der Waals surface area (Å²) in [6, 6.07) is 15.6. The zero-order valence-electron chi connectivity index (χ0n) is 16.3. The maximum absolute atomic E-state index is 12.5. The van der Waals surface area contributed by atoms with E-state index in [-0.39, 0.29) is 11.3 Å². The molecule has 0 fully saturated rings. The van der Waals surface area contributed by atoms with Crippen LogP contribution in [0.2, 0.25) is 0 Å². The maximum Gasteiger partial charge on any atom is 0.261 e. The zero-order chi connectivity index (χ0) is 19.2. The first-order valence-electron chi connectivity index (χ1n) is 9.02. The van der Waals surface area contributed by atoms with Gasteiger partial charge in [0.1, 0.15) is 11.5 Å². The van der Waals surface area contributed by atoms with Crippen molar-refractivity contribution in [3.8, 4) is 11.5 Å². The Hall–Kier alpha value is -2.49. The number of methoxy groups -OCH3 is 1. The maximum atomic E-state index is 12.5. The van der Waals surface area contributed by atoms with Crippen LogP contribution in [0, 0.1) is 0 Å². The van der Waals surface area contributed by atoms with Crippen molar-refractivity contribution in [2.75, 3.05) is 7.11 Å². The SMILES string of the molecule is CCC(Oc1ccc(C(C)(C)C)cc1)C(=O)NCc1ccccc1OC. The molecule has 26 heavy (non-hydrogen) atoms. The molecule has 0 spiro atoms. The summed E-state index contributed by atoms with van der Waals surface area (Å²) < 4.78 is 11.2. The quantitative estimate of drug-likeness (QED) is 0.797. The lowest BCUT2D eigenvalue weighted by molar-refractivity contribution is -0.128. The van der Waals surface area contributed by atoms with E-state index in [0.717, 1.165) is 11.3 Å². The van der Waals surface area contributed by atoms with Crippen LogP contribution in [0.4, 0.5) is 0 Å². The lowest BCUT2D eigenvalue weighted by atomic mass is 9.87. The van der Waals surface area contributed by atoms with Gasteiger partial charge < -0.3 is 14.8 Å². The highest BCUT2D eigenvalue weighted by Gasteiger charge is 2.19. The van der Waals surface area contributed by atoms with Gasteiger partial charge in [0, 0.05) is 12.1 Å². The van der Waals surface area contributed by atoms with Gasteiger partial charge in [-0.25, -0.2) is 0 Å². The van der Waals surface area contributed by atoms with E-state index in [1.165, 1.54) is 5.56 Å². The summed E-state index contributed by atoms with van der Waals surface area (Å²) in [7, 11) is 1.62. The van der Waals surface area contributed by atoms with E-state index in [9.17, 15) is 4.79 Å². The number of rotatable bonds is 7. The molecular weight excluding hydrogens is 326 g/mol. The smallest absolute Gasteiger partial charge is 0.261 e. The molecule has 4 heteroatoms. The molecule has 0 saturated heterocycles. The normalized spacial score (nSPS) is 12.3. The van der Waals surface area contributed by atoms with Crippen LogP contribution in [0.25, 0.3) is 0 Å². The molecule has 2 aromatic carbocycles. The summed E-state index contributed by atoms with van der Waals surface area (Å²) in [5, 5.41) is 2.94. The van der Waals surface area contributed by atoms with Crippen LogP contribution in [-0.2, 0) is 16.8 Å². The van der Waals surface area contributed by atoms with Gasteiger partial charge in [-0.3, -0.25) is 4.79 Å². The predicted molar refractivity (Wildman–Crippen MR) is 105 cm³/mol. The Morgan fingerprint density at radius 3 is 2.31 bits per heavy atom. The number of nitrogens with one attached hydrogen (secondary N) is 1. The Bertz CT molecular complexity index is 717. The predicted octanol–water partition coefficient (Wildman–Crippen LogP) is 4.47. The van der Waals surface area contributed by atoms with Crippen LogP contribution in [-0.4, -0.2) is 19.1 Å². The first kappa shape index (κ1) is 19.8. The molecule has 0 saturated carbocycles. The summed E-state index contributed by atoms with van der Waals surface area (Å²) >= 11 is 0. The van der Waals surface area contributed by atoms with Crippen LogP contribution in [0.15, 0.2) is 48.5 Å². The Balaban J connectivity index is 1.98. The molecule has 1 amide bonds. The molecular formula is C22H29NO3. The molecule has 0 aliphatic heterocycles. The first-order chi connectivity index (χ1) is 12.3. The van der Waals surface area contributed by atoms with E-state index in [0.29, 0.717) is 18.7 Å². The highest BCUT2D eigenvalue weighted by molar-refractivity contribution is 5.81. The third-order valence-electron chi connectivity index (χ3n) is 4.31. The fourth-order valence-electron chi connectivity index (χ4n) is 2.67. The van der Waals surface area contributed by atoms with E-state index in [2.05, 4.69) is 38.2 Å². The molecule has 0 bridgehead atoms. The lowest BCUT2D eigenvalue weighted by Crippen LogP contribution is -2.37. The fourth-order valence-corrected chi connectivity index (χ4v) is 2.67. The molecule has 0 heterocycles. The molecule has 0 aromatic heterocycles. The van der Waals surface area contributed by atoms with Crippen molar-refractivity contribution in [1.29, 1.82) is 0 Å². The van der Waals surface area contributed by atoms with Gasteiger partial charge in [0.25, 0.3) is 5.91 Å². The standard InChI is InChI=1S/C22H29NO3/c1-6-19(26-18-13-11-17(12-14-18)22(2,3)4)21(24)23-15-16-9-7-8-10-20(16)25-5/h7-14,19H,6,15H2,1-5H3,(H,23,24). The summed E-state index contributed by atoms with van der Waals surface area (Å²) in [5.74, 6) is 1.34. The number of ether oxygens (including phenoxy) is 2. The minimum absolute atomic E-state index is 0.0921. The van der Waals surface area contributed by atoms with Crippen molar-refractivity contribution in [2.24, 2.45) is 0 Å². The molecule has 2 rings (SSSR count). The minimum atomic E-state index is -0.523. The first-order valence-corrected chi connectivity index (χ1v) is 9.02. The number of carbonyl (C=O) groups excluding carboxylic acids is 1. The highest BCUT2D eigenvalue weighted by atomic mass is 16.5. The van der Waals surface area contributed by atoms with Crippen LogP contribution in [0.3, 0.4) is 0 Å². The van der Waals surface area contributed by atoms with E-state index in [1.807, 2.05) is 43.3 Å². The van der Waals surface area contributed by atoms with Crippen LogP contribution >= 0.6 is 0 Å². The molecule has 0 aliphatic rings. The number of amides is 1. The van der Waals surface area contributed by atoms with Crippen molar-refractivity contribution in [2.45, 2.75) is 52.2 Å². The molecule has 1 N–H and O–H groups in total. The summed E-state index contributed by atoms with van der Waals surface area (Å²) in [4.78, 5) is 12.5. The van der Waals surface area contributed by atoms with Gasteiger partial charge in [-0.05, 0) is 35.6 Å². The highest BCUT2D eigenvalue weighted by Crippen LogP contribution is 2.25. The Kier molecular flexibility index (Phi) is 6.67. The van der Waals surface area contributed by atoms with E-state index in [1.54, 1.807) is 7.11 Å². The topological polar surface area (TPSA) is 47.6 Å². The fraction of sp³-hybridized carbons (Fsp3) is 0.409. The number of carbonyl (C=O) groups is 1. The largest absolute Gasteiger partial charge is 0.496 e. The Labute approximate surface area is 156 Å². The van der Waals surface area contributed by atoms with Gasteiger partial charge in [0.15, 0.2) is 6.10 Å². The van der Waals surface area contributed by atoms with Gasteiger partial charge in [0.2, 0.25) is 0 Å². The second-order valence-corrected chi connectivity index (χ2v) is 7.32. The second-order valence-electron chi connectivity index (χ2n) is 7.32. The van der Waals surface area contributed by atoms with E-state index >= 15 is 0 Å². The van der Waals surface area contributed by atoms with Crippen LogP contribution < -0.4 is 14.8 Å². The monoisotopic (exact) mass is 355 g/mol. The van der Waals surface area contributed by atoms with E-state index < -0.39 is 6.10 Å².